The summed E-state index contributed by atoms with van der Waals surface area (Å²) in [6.07, 6.45) is 6.49. The van der Waals surface area contributed by atoms with Crippen LogP contribution in [0.2, 0.25) is 5.02 Å². The Morgan fingerprint density at radius 2 is 2.00 bits per heavy atom. The molecular weight excluding hydrogens is 626 g/mol. The van der Waals surface area contributed by atoms with Crippen LogP contribution in [-0.4, -0.2) is 100 Å². The highest BCUT2D eigenvalue weighted by atomic mass is 35.5. The third kappa shape index (κ3) is 8.54. The fraction of sp³-hybridized carbons (Fsp3) is 0.400. The molecule has 0 radical (unpaired) electrons. The first kappa shape index (κ1) is 34.2. The number of rotatable bonds is 13. The molecule has 0 unspecified atom stereocenters. The van der Waals surface area contributed by atoms with Crippen LogP contribution in [0.1, 0.15) is 30.1 Å². The summed E-state index contributed by atoms with van der Waals surface area (Å²) in [6, 6.07) is 4.01. The van der Waals surface area contributed by atoms with Gasteiger partial charge in [0.25, 0.3) is 5.91 Å². The Labute approximate surface area is 269 Å². The molecule has 0 spiro atoms. The highest BCUT2D eigenvalue weighted by Crippen LogP contribution is 2.37. The van der Waals surface area contributed by atoms with Gasteiger partial charge >= 0.3 is 12.6 Å². The van der Waals surface area contributed by atoms with Crippen molar-refractivity contribution in [2.75, 3.05) is 45.7 Å². The van der Waals surface area contributed by atoms with Crippen LogP contribution in [0.25, 0.3) is 17.5 Å². The number of likely N-dealkylation sites (N-methyl/N-ethyl adjacent to an activating group) is 1. The van der Waals surface area contributed by atoms with Gasteiger partial charge in [-0.05, 0) is 52.1 Å². The molecule has 2 aromatic heterocycles. The van der Waals surface area contributed by atoms with E-state index in [2.05, 4.69) is 27.1 Å². The molecule has 16 heteroatoms. The summed E-state index contributed by atoms with van der Waals surface area (Å²) in [4.78, 5) is 46.9. The Kier molecular flexibility index (Phi) is 11.6. The lowest BCUT2D eigenvalue weighted by Gasteiger charge is -2.31. The predicted octanol–water partition coefficient (Wildman–Crippen LogP) is 4.42. The zero-order valence-electron chi connectivity index (χ0n) is 25.7. The largest absolute Gasteiger partial charge is 0.464 e. The molecule has 46 heavy (non-hydrogen) atoms. The van der Waals surface area contributed by atoms with E-state index in [4.69, 9.17) is 21.1 Å². The van der Waals surface area contributed by atoms with E-state index in [0.717, 1.165) is 0 Å². The second kappa shape index (κ2) is 15.6. The molecule has 1 aromatic carbocycles. The zero-order chi connectivity index (χ0) is 33.4. The van der Waals surface area contributed by atoms with Crippen molar-refractivity contribution in [3.05, 3.63) is 47.8 Å². The van der Waals surface area contributed by atoms with E-state index < -0.39 is 12.5 Å². The van der Waals surface area contributed by atoms with Gasteiger partial charge in [0, 0.05) is 48.8 Å². The molecule has 0 saturated carbocycles. The third-order valence-electron chi connectivity index (χ3n) is 7.12. The van der Waals surface area contributed by atoms with E-state index in [1.165, 1.54) is 52.4 Å². The number of esters is 1. The summed E-state index contributed by atoms with van der Waals surface area (Å²) in [5, 5.41) is 11.5. The Morgan fingerprint density at radius 3 is 2.65 bits per heavy atom. The van der Waals surface area contributed by atoms with Crippen LogP contribution in [0, 0.1) is 5.92 Å². The normalized spacial score (nSPS) is 13.9. The average molecular weight is 661 g/mol. The number of anilines is 1. The summed E-state index contributed by atoms with van der Waals surface area (Å²) in [7, 11) is 3.78. The number of carbonyl (C=O) groups excluding carboxylic acids is 3. The monoisotopic (exact) mass is 660 g/mol. The maximum atomic E-state index is 13.4. The smallest absolute Gasteiger partial charge is 0.387 e. The molecule has 0 bridgehead atoms. The van der Waals surface area contributed by atoms with E-state index in [9.17, 15) is 23.2 Å². The topological polar surface area (TPSA) is 136 Å². The summed E-state index contributed by atoms with van der Waals surface area (Å²) in [6.45, 7) is 3.57. The van der Waals surface area contributed by atoms with Crippen molar-refractivity contribution in [3.8, 4) is 17.0 Å². The van der Waals surface area contributed by atoms with Crippen molar-refractivity contribution < 1.29 is 32.6 Å². The van der Waals surface area contributed by atoms with E-state index in [0.29, 0.717) is 39.1 Å². The van der Waals surface area contributed by atoms with Crippen molar-refractivity contribution in [3.63, 3.8) is 0 Å². The number of aromatic nitrogens is 4. The van der Waals surface area contributed by atoms with Gasteiger partial charge < -0.3 is 24.6 Å². The van der Waals surface area contributed by atoms with Crippen LogP contribution in [-0.2, 0) is 20.9 Å². The van der Waals surface area contributed by atoms with Gasteiger partial charge in [0.15, 0.2) is 5.82 Å². The minimum Gasteiger partial charge on any atom is -0.464 e. The van der Waals surface area contributed by atoms with Crippen LogP contribution in [0.5, 0.6) is 5.75 Å². The van der Waals surface area contributed by atoms with Gasteiger partial charge in [-0.2, -0.15) is 19.0 Å². The molecule has 1 saturated heterocycles. The summed E-state index contributed by atoms with van der Waals surface area (Å²) >= 11 is 6.20. The molecule has 1 N–H and O–H groups in total. The average Bonchev–Trinajstić information content (AvgIpc) is 3.61. The molecule has 4 rings (SSSR count). The van der Waals surface area contributed by atoms with Crippen LogP contribution in [0.4, 0.5) is 20.3 Å². The first-order chi connectivity index (χ1) is 22.0. The molecule has 1 aliphatic heterocycles. The van der Waals surface area contributed by atoms with Crippen LogP contribution in [0.3, 0.4) is 0 Å². The standard InChI is InChI=1S/C30H35ClF2N8O5/c1-5-34-27-22(16-35-41(27)6-2)28(43)36-23-17-40(37-26(23)21-15-20(31)7-8-24(21)46-30(32)33)18-25(42)39-11-9-19(10-12-39)29(44)45-14-13-38(3)4/h5-8,15-17,19,30H,2,9-14,18H2,1,3-4H3,(H,36,43)/b34-5-. The second-order valence-electron chi connectivity index (χ2n) is 10.6. The Morgan fingerprint density at radius 1 is 1.26 bits per heavy atom. The quantitative estimate of drug-likeness (QED) is 0.210. The summed E-state index contributed by atoms with van der Waals surface area (Å²) < 4.78 is 39.3. The number of alkyl halides is 2. The van der Waals surface area contributed by atoms with Gasteiger partial charge in [-0.15, -0.1) is 0 Å². The second-order valence-corrected chi connectivity index (χ2v) is 11.0. The summed E-state index contributed by atoms with van der Waals surface area (Å²) in [5.41, 5.74) is 0.300. The van der Waals surface area contributed by atoms with Crippen molar-refractivity contribution in [2.24, 2.45) is 10.9 Å². The summed E-state index contributed by atoms with van der Waals surface area (Å²) in [5.74, 6) is -1.50. The number of amides is 2. The lowest BCUT2D eigenvalue weighted by Crippen LogP contribution is -2.42. The molecule has 2 amide bonds. The maximum absolute atomic E-state index is 13.4. The first-order valence-corrected chi connectivity index (χ1v) is 14.8. The predicted molar refractivity (Wildman–Crippen MR) is 169 cm³/mol. The molecule has 0 aliphatic carbocycles. The molecule has 3 heterocycles. The number of nitrogens with one attached hydrogen (secondary N) is 1. The molecule has 0 atom stereocenters. The molecule has 13 nitrogen and oxygen atoms in total. The molecule has 1 fully saturated rings. The Hall–Kier alpha value is -4.63. The number of nitrogens with zero attached hydrogens (tertiary/aromatic N) is 7. The van der Waals surface area contributed by atoms with Gasteiger partial charge in [-0.25, -0.2) is 9.67 Å². The number of piperidine rings is 1. The van der Waals surface area contributed by atoms with Crippen molar-refractivity contribution >= 4 is 53.3 Å². The number of likely N-dealkylation sites (tertiary alicyclic amines) is 1. The van der Waals surface area contributed by atoms with E-state index >= 15 is 0 Å². The lowest BCUT2D eigenvalue weighted by molar-refractivity contribution is -0.152. The fourth-order valence-electron chi connectivity index (χ4n) is 4.82. The fourth-order valence-corrected chi connectivity index (χ4v) is 4.99. The number of ether oxygens (including phenoxy) is 2. The minimum atomic E-state index is -3.14. The minimum absolute atomic E-state index is 0.0372. The number of halogens is 3. The Balaban J connectivity index is 1.57. The van der Waals surface area contributed by atoms with Crippen molar-refractivity contribution in [2.45, 2.75) is 32.9 Å². The number of benzene rings is 1. The highest BCUT2D eigenvalue weighted by Gasteiger charge is 2.29. The molecule has 246 valence electrons. The maximum Gasteiger partial charge on any atom is 0.387 e. The van der Waals surface area contributed by atoms with Gasteiger partial charge in [0.05, 0.1) is 17.8 Å². The van der Waals surface area contributed by atoms with E-state index in [1.54, 1.807) is 11.8 Å². The van der Waals surface area contributed by atoms with Gasteiger partial charge in [-0.3, -0.25) is 19.1 Å². The first-order valence-electron chi connectivity index (χ1n) is 14.4. The van der Waals surface area contributed by atoms with Crippen molar-refractivity contribution in [1.82, 2.24) is 29.4 Å². The van der Waals surface area contributed by atoms with Crippen LogP contribution >= 0.6 is 11.6 Å². The van der Waals surface area contributed by atoms with Crippen LogP contribution < -0.4 is 10.1 Å². The van der Waals surface area contributed by atoms with Crippen LogP contribution in [0.15, 0.2) is 42.2 Å². The number of hydrogen-bond donors (Lipinski definition) is 1. The van der Waals surface area contributed by atoms with Gasteiger partial charge in [-0.1, -0.05) is 18.2 Å². The number of aliphatic imine (C=N–C) groups is 1. The Bertz CT molecular complexity index is 1600. The van der Waals surface area contributed by atoms with Gasteiger partial charge in [0.2, 0.25) is 5.91 Å². The highest BCUT2D eigenvalue weighted by molar-refractivity contribution is 6.31. The lowest BCUT2D eigenvalue weighted by atomic mass is 9.97. The SMILES string of the molecule is C=Cn1ncc(C(=O)Nc2cn(CC(=O)N3CCC(C(=O)OCCN(C)C)CC3)nc2-c2cc(Cl)ccc2OC(F)F)c1/N=C\C. The molecule has 1 aliphatic rings. The van der Waals surface area contributed by atoms with E-state index in [1.807, 2.05) is 19.0 Å². The molecular formula is C30H35ClF2N8O5. The van der Waals surface area contributed by atoms with Crippen molar-refractivity contribution in [1.29, 1.82) is 0 Å². The van der Waals surface area contributed by atoms with Gasteiger partial charge in [0.1, 0.15) is 30.2 Å². The number of carbonyl (C=O) groups is 3. The number of hydrogen-bond acceptors (Lipinski definition) is 9. The third-order valence-corrected chi connectivity index (χ3v) is 7.36. The molecule has 3 aromatic rings. The zero-order valence-corrected chi connectivity index (χ0v) is 26.4. The van der Waals surface area contributed by atoms with E-state index in [-0.39, 0.29) is 63.4 Å².